The molecule has 36 heavy (non-hydrogen) atoms. The predicted molar refractivity (Wildman–Crippen MR) is 130 cm³/mol. The van der Waals surface area contributed by atoms with E-state index in [-0.39, 0.29) is 33.6 Å². The van der Waals surface area contributed by atoms with Crippen molar-refractivity contribution in [2.24, 2.45) is 5.10 Å². The first kappa shape index (κ1) is 25.8. The molecular weight excluding hydrogens is 492 g/mol. The molecule has 0 aliphatic rings. The van der Waals surface area contributed by atoms with Crippen LogP contribution in [0.5, 0.6) is 11.5 Å². The number of hydrazone groups is 1. The van der Waals surface area contributed by atoms with Crippen LogP contribution in [0.1, 0.15) is 22.8 Å². The zero-order valence-corrected chi connectivity index (χ0v) is 19.8. The van der Waals surface area contributed by atoms with Crippen molar-refractivity contribution >= 4 is 39.5 Å². The molecule has 0 fully saturated rings. The van der Waals surface area contributed by atoms with Crippen LogP contribution in [0.3, 0.4) is 0 Å². The van der Waals surface area contributed by atoms with Gasteiger partial charge < -0.3 is 14.2 Å². The summed E-state index contributed by atoms with van der Waals surface area (Å²) in [4.78, 5) is 33.4. The molecule has 186 valence electrons. The van der Waals surface area contributed by atoms with E-state index in [1.807, 2.05) is 0 Å². The van der Waals surface area contributed by atoms with E-state index in [1.165, 1.54) is 74.8 Å². The fourth-order valence-corrected chi connectivity index (χ4v) is 3.84. The number of nitro benzene ring substituents is 1. The second kappa shape index (κ2) is 11.1. The van der Waals surface area contributed by atoms with Gasteiger partial charge in [0, 0.05) is 30.3 Å². The fourth-order valence-electron chi connectivity index (χ4n) is 2.90. The molecule has 2 N–H and O–H groups in total. The van der Waals surface area contributed by atoms with Crippen molar-refractivity contribution in [3.05, 3.63) is 88.0 Å². The van der Waals surface area contributed by atoms with Crippen LogP contribution in [0, 0.1) is 10.1 Å². The molecule has 3 aromatic carbocycles. The molecule has 0 heterocycles. The van der Waals surface area contributed by atoms with Gasteiger partial charge in [-0.05, 0) is 54.1 Å². The van der Waals surface area contributed by atoms with Gasteiger partial charge in [0.2, 0.25) is 5.91 Å². The first-order valence-corrected chi connectivity index (χ1v) is 11.6. The van der Waals surface area contributed by atoms with Crippen molar-refractivity contribution in [3.8, 4) is 11.5 Å². The first-order chi connectivity index (χ1) is 17.1. The third-order valence-electron chi connectivity index (χ3n) is 4.55. The maximum Gasteiger partial charge on any atom is 0.339 e. The van der Waals surface area contributed by atoms with E-state index in [2.05, 4.69) is 15.8 Å². The molecule has 3 aromatic rings. The maximum absolute atomic E-state index is 12.7. The van der Waals surface area contributed by atoms with Crippen LogP contribution >= 0.6 is 0 Å². The molecule has 0 aliphatic heterocycles. The van der Waals surface area contributed by atoms with E-state index < -0.39 is 20.9 Å². The Labute approximate surface area is 205 Å². The smallest absolute Gasteiger partial charge is 0.339 e. The first-order valence-electron chi connectivity index (χ1n) is 10.2. The Kier molecular flexibility index (Phi) is 7.96. The normalized spacial score (nSPS) is 11.1. The molecule has 12 nitrogen and oxygen atoms in total. The molecule has 3 rings (SSSR count). The summed E-state index contributed by atoms with van der Waals surface area (Å²) in [6.45, 7) is 1.33. The average molecular weight is 513 g/mol. The fraction of sp³-hybridized carbons (Fsp3) is 0.0870. The number of ether oxygens (including phenoxy) is 1. The molecule has 0 spiro atoms. The van der Waals surface area contributed by atoms with Crippen LogP contribution in [-0.4, -0.2) is 38.5 Å². The van der Waals surface area contributed by atoms with Gasteiger partial charge in [-0.3, -0.25) is 19.7 Å². The molecule has 0 aliphatic carbocycles. The molecule has 0 unspecified atom stereocenters. The van der Waals surface area contributed by atoms with Crippen LogP contribution in [0.15, 0.2) is 76.7 Å². The number of methoxy groups -OCH3 is 1. The van der Waals surface area contributed by atoms with Crippen LogP contribution in [0.4, 0.5) is 11.4 Å². The molecule has 0 atom stereocenters. The number of nitrogens with one attached hydrogen (secondary N) is 2. The van der Waals surface area contributed by atoms with Crippen molar-refractivity contribution in [1.29, 1.82) is 0 Å². The van der Waals surface area contributed by atoms with Gasteiger partial charge in [-0.25, -0.2) is 5.43 Å². The number of benzene rings is 3. The largest absolute Gasteiger partial charge is 0.493 e. The predicted octanol–water partition coefficient (Wildman–Crippen LogP) is 3.09. The summed E-state index contributed by atoms with van der Waals surface area (Å²) in [6.07, 6.45) is 1.23. The second-order valence-corrected chi connectivity index (χ2v) is 8.71. The topological polar surface area (TPSA) is 166 Å². The minimum absolute atomic E-state index is 0.0377. The molecule has 0 aromatic heterocycles. The van der Waals surface area contributed by atoms with E-state index in [0.717, 1.165) is 6.07 Å². The Balaban J connectivity index is 1.75. The number of rotatable bonds is 9. The highest BCUT2D eigenvalue weighted by molar-refractivity contribution is 7.87. The summed E-state index contributed by atoms with van der Waals surface area (Å²) in [7, 11) is -2.91. The third-order valence-corrected chi connectivity index (χ3v) is 5.80. The van der Waals surface area contributed by atoms with E-state index >= 15 is 0 Å². The van der Waals surface area contributed by atoms with Crippen LogP contribution < -0.4 is 19.7 Å². The van der Waals surface area contributed by atoms with Crippen molar-refractivity contribution in [2.45, 2.75) is 11.8 Å². The van der Waals surface area contributed by atoms with Crippen molar-refractivity contribution < 1.29 is 31.9 Å². The Morgan fingerprint density at radius 2 is 1.75 bits per heavy atom. The number of nitro groups is 1. The molecule has 2 amide bonds. The van der Waals surface area contributed by atoms with E-state index in [4.69, 9.17) is 8.92 Å². The molecule has 0 radical (unpaired) electrons. The highest BCUT2D eigenvalue weighted by atomic mass is 32.2. The molecule has 13 heteroatoms. The van der Waals surface area contributed by atoms with Crippen LogP contribution in [-0.2, 0) is 14.9 Å². The van der Waals surface area contributed by atoms with E-state index in [0.29, 0.717) is 11.3 Å². The number of nitrogens with zero attached hydrogens (tertiary/aromatic N) is 2. The highest BCUT2D eigenvalue weighted by Crippen LogP contribution is 2.30. The van der Waals surface area contributed by atoms with Crippen LogP contribution in [0.25, 0.3) is 0 Å². The molecule has 0 saturated heterocycles. The van der Waals surface area contributed by atoms with Crippen molar-refractivity contribution in [3.63, 3.8) is 0 Å². The van der Waals surface area contributed by atoms with Gasteiger partial charge in [0.05, 0.1) is 18.2 Å². The standard InChI is InChI=1S/C23H20N4O8S/c1-15(28)25-18-7-9-20(10-8-18)36(32,33)35-22-12-16(6-11-21(22)34-2)14-24-26-23(29)17-4-3-5-19(13-17)27(30)31/h3-14H,1-2H3,(H,25,28)(H,26,29)/b24-14-. The lowest BCUT2D eigenvalue weighted by Gasteiger charge is -2.12. The zero-order chi connectivity index (χ0) is 26.3. The number of non-ortho nitro benzene ring substituents is 1. The van der Waals surface area contributed by atoms with Crippen molar-refractivity contribution in [2.75, 3.05) is 12.4 Å². The maximum atomic E-state index is 12.7. The van der Waals surface area contributed by atoms with Gasteiger partial charge in [0.25, 0.3) is 11.6 Å². The van der Waals surface area contributed by atoms with E-state index in [9.17, 15) is 28.1 Å². The quantitative estimate of drug-likeness (QED) is 0.191. The van der Waals surface area contributed by atoms with Gasteiger partial charge in [-0.15, -0.1) is 0 Å². The number of carbonyl (C=O) groups is 2. The number of hydrogen-bond donors (Lipinski definition) is 2. The minimum Gasteiger partial charge on any atom is -0.493 e. The van der Waals surface area contributed by atoms with Gasteiger partial charge >= 0.3 is 10.1 Å². The summed E-state index contributed by atoms with van der Waals surface area (Å²) in [5, 5.41) is 17.2. The Morgan fingerprint density at radius 3 is 2.39 bits per heavy atom. The Morgan fingerprint density at radius 1 is 1.03 bits per heavy atom. The number of carbonyl (C=O) groups excluding carboxylic acids is 2. The lowest BCUT2D eigenvalue weighted by Crippen LogP contribution is -2.17. The minimum atomic E-state index is -4.25. The Bertz CT molecular complexity index is 1440. The highest BCUT2D eigenvalue weighted by Gasteiger charge is 2.20. The lowest BCUT2D eigenvalue weighted by atomic mass is 10.2. The summed E-state index contributed by atoms with van der Waals surface area (Å²) in [5.41, 5.74) is 2.82. The molecular formula is C23H20N4O8S. The monoisotopic (exact) mass is 512 g/mol. The van der Waals surface area contributed by atoms with Crippen molar-refractivity contribution in [1.82, 2.24) is 5.43 Å². The SMILES string of the molecule is COc1ccc(/C=N\NC(=O)c2cccc([N+](=O)[O-])c2)cc1OS(=O)(=O)c1ccc(NC(C)=O)cc1. The second-order valence-electron chi connectivity index (χ2n) is 7.16. The van der Waals surface area contributed by atoms with Gasteiger partial charge in [0.15, 0.2) is 11.5 Å². The van der Waals surface area contributed by atoms with Gasteiger partial charge in [0.1, 0.15) is 4.90 Å². The number of hydrogen-bond acceptors (Lipinski definition) is 9. The van der Waals surface area contributed by atoms with E-state index in [1.54, 1.807) is 6.07 Å². The van der Waals surface area contributed by atoms with Crippen LogP contribution in [0.2, 0.25) is 0 Å². The summed E-state index contributed by atoms with van der Waals surface area (Å²) < 4.78 is 35.9. The zero-order valence-electron chi connectivity index (χ0n) is 19.0. The number of amides is 2. The lowest BCUT2D eigenvalue weighted by molar-refractivity contribution is -0.384. The molecule has 0 bridgehead atoms. The summed E-state index contributed by atoms with van der Waals surface area (Å²) in [6, 6.07) is 14.9. The molecule has 0 saturated carbocycles. The average Bonchev–Trinajstić information content (AvgIpc) is 2.84. The Hall–Kier alpha value is -4.78. The summed E-state index contributed by atoms with van der Waals surface area (Å²) >= 11 is 0. The number of anilines is 1. The van der Waals surface area contributed by atoms with Gasteiger partial charge in [-0.2, -0.15) is 13.5 Å². The summed E-state index contributed by atoms with van der Waals surface area (Å²) in [5.74, 6) is -0.972. The van der Waals surface area contributed by atoms with Gasteiger partial charge in [-0.1, -0.05) is 6.07 Å². The third kappa shape index (κ3) is 6.64.